The molecule has 1 aromatic carbocycles. The van der Waals surface area contributed by atoms with Gasteiger partial charge in [-0.3, -0.25) is 4.79 Å². The standard InChI is InChI=1S/C19H26N4O2/c1-15(2)16-4-6-17(7-5-16)25-14-18(24)22-10-12-23(13-11-22)19-20-8-9-21(19)3/h4-9,15H,10-14H2,1-3H3. The number of ether oxygens (including phenoxy) is 1. The molecule has 6 nitrogen and oxygen atoms in total. The number of carbonyl (C=O) groups excluding carboxylic acids is 1. The van der Waals surface area contributed by atoms with E-state index < -0.39 is 0 Å². The maximum Gasteiger partial charge on any atom is 0.260 e. The predicted octanol–water partition coefficient (Wildman–Crippen LogP) is 2.27. The van der Waals surface area contributed by atoms with Gasteiger partial charge in [-0.15, -0.1) is 0 Å². The van der Waals surface area contributed by atoms with Gasteiger partial charge in [-0.25, -0.2) is 4.98 Å². The van der Waals surface area contributed by atoms with Crippen molar-refractivity contribution in [1.82, 2.24) is 14.5 Å². The number of imidazole rings is 1. The Labute approximate surface area is 149 Å². The van der Waals surface area contributed by atoms with Crippen molar-refractivity contribution in [2.24, 2.45) is 7.05 Å². The minimum Gasteiger partial charge on any atom is -0.484 e. The van der Waals surface area contributed by atoms with Crippen LogP contribution >= 0.6 is 0 Å². The number of anilines is 1. The number of aromatic nitrogens is 2. The van der Waals surface area contributed by atoms with Crippen LogP contribution in [-0.4, -0.2) is 53.1 Å². The lowest BCUT2D eigenvalue weighted by atomic mass is 10.0. The summed E-state index contributed by atoms with van der Waals surface area (Å²) in [5, 5.41) is 0. The molecule has 0 atom stereocenters. The van der Waals surface area contributed by atoms with E-state index in [1.54, 1.807) is 6.20 Å². The summed E-state index contributed by atoms with van der Waals surface area (Å²) in [6, 6.07) is 7.97. The van der Waals surface area contributed by atoms with Crippen molar-refractivity contribution in [3.8, 4) is 5.75 Å². The maximum absolute atomic E-state index is 12.4. The monoisotopic (exact) mass is 342 g/mol. The lowest BCUT2D eigenvalue weighted by Crippen LogP contribution is -2.50. The maximum atomic E-state index is 12.4. The second-order valence-electron chi connectivity index (χ2n) is 6.72. The number of nitrogens with zero attached hydrogens (tertiary/aromatic N) is 4. The summed E-state index contributed by atoms with van der Waals surface area (Å²) in [4.78, 5) is 20.8. The zero-order chi connectivity index (χ0) is 17.8. The van der Waals surface area contributed by atoms with Gasteiger partial charge in [0.1, 0.15) is 5.75 Å². The molecule has 2 heterocycles. The van der Waals surface area contributed by atoms with Crippen molar-refractivity contribution < 1.29 is 9.53 Å². The molecule has 1 aromatic heterocycles. The van der Waals surface area contributed by atoms with Crippen LogP contribution in [-0.2, 0) is 11.8 Å². The summed E-state index contributed by atoms with van der Waals surface area (Å²) in [5.41, 5.74) is 1.27. The number of hydrogen-bond acceptors (Lipinski definition) is 4. The molecular weight excluding hydrogens is 316 g/mol. The molecule has 0 N–H and O–H groups in total. The fourth-order valence-electron chi connectivity index (χ4n) is 3.00. The molecule has 3 rings (SSSR count). The molecule has 6 heteroatoms. The Balaban J connectivity index is 1.47. The van der Waals surface area contributed by atoms with E-state index in [0.29, 0.717) is 19.0 Å². The van der Waals surface area contributed by atoms with E-state index >= 15 is 0 Å². The van der Waals surface area contributed by atoms with E-state index in [0.717, 1.165) is 24.8 Å². The van der Waals surface area contributed by atoms with Crippen LogP contribution in [0.25, 0.3) is 0 Å². The highest BCUT2D eigenvalue weighted by atomic mass is 16.5. The number of rotatable bonds is 5. The highest BCUT2D eigenvalue weighted by Crippen LogP contribution is 2.19. The van der Waals surface area contributed by atoms with Crippen molar-refractivity contribution >= 4 is 11.9 Å². The normalized spacial score (nSPS) is 14.9. The first-order valence-electron chi connectivity index (χ1n) is 8.77. The second-order valence-corrected chi connectivity index (χ2v) is 6.72. The molecule has 1 aliphatic heterocycles. The Morgan fingerprint density at radius 2 is 1.84 bits per heavy atom. The number of hydrogen-bond donors (Lipinski definition) is 0. The Bertz CT molecular complexity index is 700. The smallest absolute Gasteiger partial charge is 0.260 e. The molecule has 25 heavy (non-hydrogen) atoms. The highest BCUT2D eigenvalue weighted by molar-refractivity contribution is 5.78. The molecule has 0 radical (unpaired) electrons. The molecule has 1 amide bonds. The Morgan fingerprint density at radius 3 is 2.40 bits per heavy atom. The van der Waals surface area contributed by atoms with Gasteiger partial charge in [0.2, 0.25) is 5.95 Å². The molecule has 1 saturated heterocycles. The van der Waals surface area contributed by atoms with Crippen LogP contribution in [0.4, 0.5) is 5.95 Å². The van der Waals surface area contributed by atoms with Crippen molar-refractivity contribution in [3.05, 3.63) is 42.2 Å². The third-order valence-corrected chi connectivity index (χ3v) is 4.62. The fraction of sp³-hybridized carbons (Fsp3) is 0.474. The summed E-state index contributed by atoms with van der Waals surface area (Å²) < 4.78 is 7.65. The van der Waals surface area contributed by atoms with Gasteiger partial charge in [0.05, 0.1) is 0 Å². The zero-order valence-electron chi connectivity index (χ0n) is 15.2. The number of piperazine rings is 1. The van der Waals surface area contributed by atoms with Gasteiger partial charge in [0.25, 0.3) is 5.91 Å². The summed E-state index contributed by atoms with van der Waals surface area (Å²) in [5.74, 6) is 2.22. The van der Waals surface area contributed by atoms with Crippen molar-refractivity contribution in [1.29, 1.82) is 0 Å². The van der Waals surface area contributed by atoms with Crippen LogP contribution in [0.3, 0.4) is 0 Å². The molecule has 0 saturated carbocycles. The molecule has 0 aliphatic carbocycles. The Morgan fingerprint density at radius 1 is 1.16 bits per heavy atom. The van der Waals surface area contributed by atoms with Gasteiger partial charge in [-0.1, -0.05) is 26.0 Å². The third kappa shape index (κ3) is 4.13. The third-order valence-electron chi connectivity index (χ3n) is 4.62. The SMILES string of the molecule is CC(C)c1ccc(OCC(=O)N2CCN(c3nccn3C)CC2)cc1. The molecule has 1 aliphatic rings. The number of benzene rings is 1. The van der Waals surface area contributed by atoms with Crippen LogP contribution < -0.4 is 9.64 Å². The average molecular weight is 342 g/mol. The van der Waals surface area contributed by atoms with Gasteiger partial charge >= 0.3 is 0 Å². The van der Waals surface area contributed by atoms with E-state index in [2.05, 4.69) is 35.9 Å². The molecule has 134 valence electrons. The van der Waals surface area contributed by atoms with Crippen molar-refractivity contribution in [2.45, 2.75) is 19.8 Å². The molecule has 1 fully saturated rings. The van der Waals surface area contributed by atoms with E-state index in [9.17, 15) is 4.79 Å². The summed E-state index contributed by atoms with van der Waals surface area (Å²) in [6.07, 6.45) is 3.73. The lowest BCUT2D eigenvalue weighted by Gasteiger charge is -2.35. The van der Waals surface area contributed by atoms with Crippen LogP contribution in [0.15, 0.2) is 36.7 Å². The van der Waals surface area contributed by atoms with Gasteiger partial charge in [-0.05, 0) is 23.6 Å². The minimum atomic E-state index is 0.0347. The molecule has 0 bridgehead atoms. The van der Waals surface area contributed by atoms with E-state index in [4.69, 9.17) is 4.74 Å². The fourth-order valence-corrected chi connectivity index (χ4v) is 3.00. The number of aryl methyl sites for hydroxylation is 1. The molecule has 0 spiro atoms. The van der Waals surface area contributed by atoms with Gasteiger partial charge in [0.15, 0.2) is 6.61 Å². The summed E-state index contributed by atoms with van der Waals surface area (Å²) in [7, 11) is 1.98. The summed E-state index contributed by atoms with van der Waals surface area (Å²) >= 11 is 0. The second kappa shape index (κ2) is 7.59. The van der Waals surface area contributed by atoms with Crippen molar-refractivity contribution in [2.75, 3.05) is 37.7 Å². The van der Waals surface area contributed by atoms with E-state index in [1.165, 1.54) is 5.56 Å². The Hall–Kier alpha value is -2.50. The first kappa shape index (κ1) is 17.3. The quantitative estimate of drug-likeness (QED) is 0.836. The van der Waals surface area contributed by atoms with Gasteiger partial charge in [-0.2, -0.15) is 0 Å². The highest BCUT2D eigenvalue weighted by Gasteiger charge is 2.23. The largest absolute Gasteiger partial charge is 0.484 e. The average Bonchev–Trinajstić information content (AvgIpc) is 3.06. The first-order chi connectivity index (χ1) is 12.0. The topological polar surface area (TPSA) is 50.6 Å². The predicted molar refractivity (Wildman–Crippen MR) is 98.0 cm³/mol. The van der Waals surface area contributed by atoms with Gasteiger partial charge in [0, 0.05) is 45.6 Å². The summed E-state index contributed by atoms with van der Waals surface area (Å²) in [6.45, 7) is 7.37. The Kier molecular flexibility index (Phi) is 5.26. The first-order valence-corrected chi connectivity index (χ1v) is 8.77. The number of carbonyl (C=O) groups is 1. The van der Waals surface area contributed by atoms with Crippen LogP contribution in [0, 0.1) is 0 Å². The van der Waals surface area contributed by atoms with Crippen LogP contribution in [0.5, 0.6) is 5.75 Å². The van der Waals surface area contributed by atoms with Crippen LogP contribution in [0.2, 0.25) is 0 Å². The van der Waals surface area contributed by atoms with Crippen molar-refractivity contribution in [3.63, 3.8) is 0 Å². The minimum absolute atomic E-state index is 0.0347. The molecular formula is C19H26N4O2. The molecule has 2 aromatic rings. The molecule has 0 unspecified atom stereocenters. The number of amides is 1. The van der Waals surface area contributed by atoms with E-state index in [1.807, 2.05) is 34.8 Å². The van der Waals surface area contributed by atoms with Crippen LogP contribution in [0.1, 0.15) is 25.3 Å². The lowest BCUT2D eigenvalue weighted by molar-refractivity contribution is -0.133. The van der Waals surface area contributed by atoms with Gasteiger partial charge < -0.3 is 19.1 Å². The zero-order valence-corrected chi connectivity index (χ0v) is 15.2. The van der Waals surface area contributed by atoms with E-state index in [-0.39, 0.29) is 12.5 Å².